The van der Waals surface area contributed by atoms with Crippen LogP contribution in [0.25, 0.3) is 0 Å². The van der Waals surface area contributed by atoms with Gasteiger partial charge >= 0.3 is 11.9 Å². The van der Waals surface area contributed by atoms with Crippen LogP contribution in [0.2, 0.25) is 0 Å². The zero-order valence-corrected chi connectivity index (χ0v) is 19.0. The van der Waals surface area contributed by atoms with Gasteiger partial charge in [0.1, 0.15) is 0 Å². The summed E-state index contributed by atoms with van der Waals surface area (Å²) in [5.41, 5.74) is -0.436. The quantitative estimate of drug-likeness (QED) is 0.629. The van der Waals surface area contributed by atoms with E-state index in [9.17, 15) is 19.8 Å². The van der Waals surface area contributed by atoms with E-state index >= 15 is 0 Å². The maximum Gasteiger partial charge on any atom is 0.335 e. The van der Waals surface area contributed by atoms with Gasteiger partial charge in [0, 0.05) is 18.3 Å². The van der Waals surface area contributed by atoms with Gasteiger partial charge in [-0.3, -0.25) is 0 Å². The monoisotopic (exact) mass is 462 g/mol. The standard InChI is InChI=1S/C24H30O9/c1-12-4-5-18-13(2)21(29-11-14-8-15(19(25)26)10-16(9-14)20(27)28)30-22-24(18)17(12)6-7-23(3,31-22)32-33-24/h8-10,12-13,17-18,21-22H,4-7,11H2,1-3H3,(H,25,26)(H,27,28)/t12-,13-,17+,18+,21+,22-,23-,24-/m1/s1. The van der Waals surface area contributed by atoms with Crippen molar-refractivity contribution in [3.63, 3.8) is 0 Å². The van der Waals surface area contributed by atoms with Gasteiger partial charge in [-0.25, -0.2) is 19.4 Å². The molecular weight excluding hydrogens is 432 g/mol. The van der Waals surface area contributed by atoms with Crippen LogP contribution >= 0.6 is 0 Å². The van der Waals surface area contributed by atoms with Crippen LogP contribution in [0.4, 0.5) is 0 Å². The lowest BCUT2D eigenvalue weighted by Gasteiger charge is -2.60. The highest BCUT2D eigenvalue weighted by molar-refractivity contribution is 5.94. The van der Waals surface area contributed by atoms with E-state index in [1.165, 1.54) is 12.1 Å². The minimum atomic E-state index is -1.20. The van der Waals surface area contributed by atoms with E-state index in [1.54, 1.807) is 0 Å². The third-order valence-electron chi connectivity index (χ3n) is 8.00. The largest absolute Gasteiger partial charge is 0.478 e. The Morgan fingerprint density at radius 2 is 1.73 bits per heavy atom. The first-order valence-corrected chi connectivity index (χ1v) is 11.6. The number of carboxylic acids is 2. The van der Waals surface area contributed by atoms with E-state index in [4.69, 9.17) is 24.0 Å². The summed E-state index contributed by atoms with van der Waals surface area (Å²) in [4.78, 5) is 34.8. The van der Waals surface area contributed by atoms with Gasteiger partial charge in [-0.05, 0) is 61.8 Å². The molecule has 6 rings (SSSR count). The van der Waals surface area contributed by atoms with Gasteiger partial charge in [-0.2, -0.15) is 0 Å². The number of hydrogen-bond acceptors (Lipinski definition) is 7. The van der Waals surface area contributed by atoms with Crippen LogP contribution in [0.15, 0.2) is 18.2 Å². The molecule has 0 amide bonds. The molecule has 2 N–H and O–H groups in total. The Bertz CT molecular complexity index is 931. The smallest absolute Gasteiger partial charge is 0.335 e. The minimum absolute atomic E-state index is 0.0112. The summed E-state index contributed by atoms with van der Waals surface area (Å²) < 4.78 is 18.8. The zero-order valence-electron chi connectivity index (χ0n) is 19.0. The van der Waals surface area contributed by atoms with Crippen LogP contribution in [0.3, 0.4) is 0 Å². The van der Waals surface area contributed by atoms with Crippen molar-refractivity contribution < 1.29 is 43.8 Å². The number of hydrogen-bond donors (Lipinski definition) is 2. The summed E-state index contributed by atoms with van der Waals surface area (Å²) >= 11 is 0. The average molecular weight is 462 g/mol. The molecule has 5 aliphatic rings. The van der Waals surface area contributed by atoms with E-state index in [0.29, 0.717) is 11.5 Å². The fourth-order valence-corrected chi connectivity index (χ4v) is 6.26. The number of ether oxygens (including phenoxy) is 3. The van der Waals surface area contributed by atoms with Gasteiger partial charge in [0.25, 0.3) is 0 Å². The Hall–Kier alpha value is -2.04. The summed E-state index contributed by atoms with van der Waals surface area (Å²) in [5.74, 6) is -2.50. The van der Waals surface area contributed by atoms with E-state index in [0.717, 1.165) is 31.7 Å². The molecule has 0 unspecified atom stereocenters. The number of carboxylic acid groups (broad SMARTS) is 2. The fraction of sp³-hybridized carbons (Fsp3) is 0.667. The van der Waals surface area contributed by atoms with Crippen molar-refractivity contribution >= 4 is 11.9 Å². The van der Waals surface area contributed by atoms with Gasteiger partial charge in [-0.15, -0.1) is 0 Å². The molecule has 0 aromatic heterocycles. The number of carbonyl (C=O) groups is 2. The summed E-state index contributed by atoms with van der Waals surface area (Å²) in [6.45, 7) is 6.18. The Kier molecular flexibility index (Phi) is 5.53. The maximum absolute atomic E-state index is 11.4. The molecule has 8 atom stereocenters. The molecular formula is C24H30O9. The van der Waals surface area contributed by atoms with Crippen molar-refractivity contribution in [3.05, 3.63) is 34.9 Å². The van der Waals surface area contributed by atoms with Crippen molar-refractivity contribution in [1.82, 2.24) is 0 Å². The van der Waals surface area contributed by atoms with Crippen molar-refractivity contribution in [2.75, 3.05) is 0 Å². The summed E-state index contributed by atoms with van der Waals surface area (Å²) in [5, 5.41) is 18.7. The highest BCUT2D eigenvalue weighted by atomic mass is 17.3. The third-order valence-corrected chi connectivity index (χ3v) is 8.00. The van der Waals surface area contributed by atoms with Crippen LogP contribution in [0.1, 0.15) is 72.7 Å². The molecule has 4 saturated heterocycles. The number of benzene rings is 1. The van der Waals surface area contributed by atoms with Crippen LogP contribution in [0.5, 0.6) is 0 Å². The first kappa shape index (κ1) is 22.7. The predicted octanol–water partition coefficient (Wildman–Crippen LogP) is 3.81. The van der Waals surface area contributed by atoms with E-state index in [1.807, 2.05) is 6.92 Å². The second-order valence-corrected chi connectivity index (χ2v) is 10.1. The van der Waals surface area contributed by atoms with Gasteiger partial charge in [0.15, 0.2) is 18.2 Å². The molecule has 1 aliphatic carbocycles. The Morgan fingerprint density at radius 3 is 2.39 bits per heavy atom. The molecule has 1 saturated carbocycles. The normalized spacial score (nSPS) is 41.8. The zero-order chi connectivity index (χ0) is 23.5. The van der Waals surface area contributed by atoms with Gasteiger partial charge in [0.2, 0.25) is 5.79 Å². The molecule has 9 heteroatoms. The Morgan fingerprint density at radius 1 is 1.03 bits per heavy atom. The number of aromatic carboxylic acids is 2. The van der Waals surface area contributed by atoms with E-state index in [2.05, 4.69) is 13.8 Å². The molecule has 1 aromatic carbocycles. The maximum atomic E-state index is 11.4. The van der Waals surface area contributed by atoms with Crippen molar-refractivity contribution in [2.45, 2.75) is 77.0 Å². The number of fused-ring (bicyclic) bond motifs is 2. The minimum Gasteiger partial charge on any atom is -0.478 e. The average Bonchev–Trinajstić information content (AvgIpc) is 3.01. The van der Waals surface area contributed by atoms with Crippen LogP contribution in [0, 0.1) is 23.7 Å². The molecule has 1 aromatic rings. The molecule has 180 valence electrons. The lowest BCUT2D eigenvalue weighted by Crippen LogP contribution is -2.70. The lowest BCUT2D eigenvalue weighted by molar-refractivity contribution is -0.577. The molecule has 33 heavy (non-hydrogen) atoms. The SMILES string of the molecule is C[C@H]1[C@@H](OCc2cc(C(=O)O)cc(C(=O)O)c2)O[C@@H]2O[C@@]3(C)CC[C@H]4[C@H](C)CC[C@@H]1[C@@]24OO3. The van der Waals surface area contributed by atoms with Crippen LogP contribution < -0.4 is 0 Å². The second-order valence-electron chi connectivity index (χ2n) is 10.1. The summed E-state index contributed by atoms with van der Waals surface area (Å²) in [6.07, 6.45) is 2.40. The molecule has 0 radical (unpaired) electrons. The van der Waals surface area contributed by atoms with Crippen molar-refractivity contribution in [1.29, 1.82) is 0 Å². The summed E-state index contributed by atoms with van der Waals surface area (Å²) in [6, 6.07) is 3.98. The highest BCUT2D eigenvalue weighted by Crippen LogP contribution is 2.60. The first-order valence-electron chi connectivity index (χ1n) is 11.6. The van der Waals surface area contributed by atoms with Crippen molar-refractivity contribution in [3.8, 4) is 0 Å². The van der Waals surface area contributed by atoms with E-state index in [-0.39, 0.29) is 35.5 Å². The summed E-state index contributed by atoms with van der Waals surface area (Å²) in [7, 11) is 0. The molecule has 1 spiro atoms. The first-order chi connectivity index (χ1) is 15.6. The molecule has 4 heterocycles. The topological polar surface area (TPSA) is 121 Å². The van der Waals surface area contributed by atoms with Crippen molar-refractivity contribution in [2.24, 2.45) is 23.7 Å². The second kappa shape index (κ2) is 8.02. The molecule has 5 fully saturated rings. The van der Waals surface area contributed by atoms with E-state index < -0.39 is 35.9 Å². The number of rotatable bonds is 5. The Labute approximate surface area is 191 Å². The third kappa shape index (κ3) is 3.66. The molecule has 4 aliphatic heterocycles. The predicted molar refractivity (Wildman–Crippen MR) is 112 cm³/mol. The molecule has 2 bridgehead atoms. The highest BCUT2D eigenvalue weighted by Gasteiger charge is 2.69. The van der Waals surface area contributed by atoms with Gasteiger partial charge in [0.05, 0.1) is 17.7 Å². The van der Waals surface area contributed by atoms with Gasteiger partial charge in [-0.1, -0.05) is 13.8 Å². The lowest BCUT2D eigenvalue weighted by atomic mass is 9.58. The fourth-order valence-electron chi connectivity index (χ4n) is 6.26. The van der Waals surface area contributed by atoms with Gasteiger partial charge < -0.3 is 24.4 Å². The Balaban J connectivity index is 1.40. The van der Waals surface area contributed by atoms with Crippen LogP contribution in [-0.4, -0.2) is 46.1 Å². The van der Waals surface area contributed by atoms with Crippen LogP contribution in [-0.2, 0) is 30.6 Å². The molecule has 9 nitrogen and oxygen atoms in total.